The molecular formula is C26H36O3S4. The molecule has 0 bridgehead atoms. The molecule has 0 spiro atoms. The van der Waals surface area contributed by atoms with Gasteiger partial charge in [0.15, 0.2) is 0 Å². The van der Waals surface area contributed by atoms with Crippen LogP contribution in [-0.2, 0) is 14.3 Å². The van der Waals surface area contributed by atoms with Gasteiger partial charge in [0, 0.05) is 15.0 Å². The third-order valence-corrected chi connectivity index (χ3v) is 7.03. The molecule has 0 aliphatic heterocycles. The smallest absolute Gasteiger partial charge is 0.319 e. The van der Waals surface area contributed by atoms with Crippen LogP contribution in [0.3, 0.4) is 0 Å². The highest BCUT2D eigenvalue weighted by molar-refractivity contribution is 8.23. The monoisotopic (exact) mass is 524 g/mol. The summed E-state index contributed by atoms with van der Waals surface area (Å²) in [4.78, 5) is 13.7. The number of carbonyl (C=O) groups is 1. The predicted octanol–water partition coefficient (Wildman–Crippen LogP) is 8.49. The molecule has 0 aliphatic carbocycles. The molecule has 2 aromatic rings. The molecule has 182 valence electrons. The standard InChI is InChI=1S/C10H14S.C8H14O3S2.C8H8S/c1-3-9(2)11-10-7-5-4-6-8-10;1-4-10-7(9)6(3)13-8(12)11-5-2;1-2-9-8-6-4-3-5-7-8/h4-9H,3H2,1-2H3;6H,4-5H2,1-3H3;2-7H,1H2. The number of rotatable bonds is 9. The molecule has 0 fully saturated rings. The van der Waals surface area contributed by atoms with E-state index in [-0.39, 0.29) is 11.2 Å². The van der Waals surface area contributed by atoms with Crippen LogP contribution in [0.25, 0.3) is 0 Å². The first-order valence-electron chi connectivity index (χ1n) is 10.9. The lowest BCUT2D eigenvalue weighted by Crippen LogP contribution is -2.18. The Morgan fingerprint density at radius 3 is 1.91 bits per heavy atom. The molecule has 0 aromatic heterocycles. The van der Waals surface area contributed by atoms with Crippen LogP contribution in [0, 0.1) is 0 Å². The van der Waals surface area contributed by atoms with Crippen LogP contribution in [-0.4, -0.2) is 34.1 Å². The summed E-state index contributed by atoms with van der Waals surface area (Å²) in [6.45, 7) is 14.4. The molecule has 0 amide bonds. The molecule has 2 atom stereocenters. The molecule has 33 heavy (non-hydrogen) atoms. The fourth-order valence-electron chi connectivity index (χ4n) is 2.01. The number of ether oxygens (including phenoxy) is 2. The molecule has 0 heterocycles. The lowest BCUT2D eigenvalue weighted by molar-refractivity contribution is -0.142. The minimum absolute atomic E-state index is 0.255. The predicted molar refractivity (Wildman–Crippen MR) is 152 cm³/mol. The molecule has 0 radical (unpaired) electrons. The fourth-order valence-corrected chi connectivity index (χ4v) is 4.66. The number of thioether (sulfide) groups is 3. The van der Waals surface area contributed by atoms with Crippen molar-refractivity contribution in [1.82, 2.24) is 0 Å². The maximum absolute atomic E-state index is 11.1. The normalized spacial score (nSPS) is 11.4. The first-order valence-corrected chi connectivity index (χ1v) is 14.0. The average Bonchev–Trinajstić information content (AvgIpc) is 2.81. The lowest BCUT2D eigenvalue weighted by atomic mass is 10.4. The van der Waals surface area contributed by atoms with Crippen LogP contribution >= 0.6 is 47.5 Å². The summed E-state index contributed by atoms with van der Waals surface area (Å²) in [7, 11) is 0. The molecule has 0 aliphatic rings. The summed E-state index contributed by atoms with van der Waals surface area (Å²) in [6.07, 6.45) is 1.24. The van der Waals surface area contributed by atoms with Crippen LogP contribution in [0.15, 0.2) is 82.4 Å². The van der Waals surface area contributed by atoms with Gasteiger partial charge in [-0.2, -0.15) is 0 Å². The third kappa shape index (κ3) is 17.7. The van der Waals surface area contributed by atoms with Gasteiger partial charge in [0.1, 0.15) is 5.25 Å². The van der Waals surface area contributed by atoms with E-state index in [1.54, 1.807) is 25.6 Å². The molecule has 7 heteroatoms. The topological polar surface area (TPSA) is 35.5 Å². The van der Waals surface area contributed by atoms with E-state index in [2.05, 4.69) is 62.9 Å². The van der Waals surface area contributed by atoms with Gasteiger partial charge in [-0.05, 0) is 69.1 Å². The highest BCUT2D eigenvalue weighted by Gasteiger charge is 2.17. The van der Waals surface area contributed by atoms with E-state index in [0.29, 0.717) is 17.6 Å². The maximum atomic E-state index is 11.1. The van der Waals surface area contributed by atoms with Crippen molar-refractivity contribution in [3.8, 4) is 0 Å². The van der Waals surface area contributed by atoms with E-state index in [9.17, 15) is 4.79 Å². The minimum Gasteiger partial charge on any atom is -0.479 e. The molecule has 0 N–H and O–H groups in total. The summed E-state index contributed by atoms with van der Waals surface area (Å²) in [5.74, 6) is -0.255. The van der Waals surface area contributed by atoms with Crippen LogP contribution in [0.2, 0.25) is 0 Å². The first-order chi connectivity index (χ1) is 15.9. The van der Waals surface area contributed by atoms with Crippen LogP contribution in [0.1, 0.15) is 41.0 Å². The number of esters is 1. The first kappa shape index (κ1) is 31.6. The highest BCUT2D eigenvalue weighted by Crippen LogP contribution is 2.24. The number of hydrogen-bond acceptors (Lipinski definition) is 7. The Bertz CT molecular complexity index is 770. The van der Waals surface area contributed by atoms with Crippen molar-refractivity contribution in [2.45, 2.75) is 61.3 Å². The van der Waals surface area contributed by atoms with E-state index in [4.69, 9.17) is 21.7 Å². The summed E-state index contributed by atoms with van der Waals surface area (Å²) in [6, 6.07) is 20.7. The van der Waals surface area contributed by atoms with E-state index < -0.39 is 0 Å². The molecule has 3 nitrogen and oxygen atoms in total. The van der Waals surface area contributed by atoms with E-state index in [1.165, 1.54) is 28.0 Å². The van der Waals surface area contributed by atoms with E-state index in [0.717, 1.165) is 5.25 Å². The van der Waals surface area contributed by atoms with Crippen molar-refractivity contribution in [3.05, 3.63) is 72.7 Å². The minimum atomic E-state index is -0.293. The fraction of sp³-hybridized carbons (Fsp3) is 0.385. The molecule has 0 saturated heterocycles. The molecule has 0 saturated carbocycles. The van der Waals surface area contributed by atoms with Crippen molar-refractivity contribution in [2.24, 2.45) is 0 Å². The Balaban J connectivity index is 0.000000472. The average molecular weight is 525 g/mol. The number of thiocarbonyl (C=S) groups is 1. The van der Waals surface area contributed by atoms with Gasteiger partial charge in [-0.1, -0.05) is 80.3 Å². The Kier molecular flexibility index (Phi) is 20.2. The van der Waals surface area contributed by atoms with Gasteiger partial charge < -0.3 is 9.47 Å². The number of carbonyl (C=O) groups excluding carboxylic acids is 1. The Labute approximate surface area is 218 Å². The van der Waals surface area contributed by atoms with Gasteiger partial charge in [0.2, 0.25) is 4.38 Å². The SMILES string of the molecule is C=CSc1ccccc1.CCC(C)Sc1ccccc1.CCOC(=O)C(C)SC(=S)OCC. The van der Waals surface area contributed by atoms with Gasteiger partial charge in [-0.3, -0.25) is 4.79 Å². The maximum Gasteiger partial charge on any atom is 0.319 e. The van der Waals surface area contributed by atoms with Crippen molar-refractivity contribution < 1.29 is 14.3 Å². The second-order valence-corrected chi connectivity index (χ2v) is 10.9. The van der Waals surface area contributed by atoms with Crippen molar-refractivity contribution in [3.63, 3.8) is 0 Å². The van der Waals surface area contributed by atoms with Gasteiger partial charge in [0.25, 0.3) is 0 Å². The Morgan fingerprint density at radius 2 is 1.45 bits per heavy atom. The molecule has 2 rings (SSSR count). The summed E-state index contributed by atoms with van der Waals surface area (Å²) >= 11 is 9.66. The summed E-state index contributed by atoms with van der Waals surface area (Å²) < 4.78 is 10.2. The Morgan fingerprint density at radius 1 is 0.939 bits per heavy atom. The number of hydrogen-bond donors (Lipinski definition) is 0. The van der Waals surface area contributed by atoms with Crippen molar-refractivity contribution in [2.75, 3.05) is 13.2 Å². The van der Waals surface area contributed by atoms with Crippen LogP contribution < -0.4 is 0 Å². The van der Waals surface area contributed by atoms with Gasteiger partial charge in [0.05, 0.1) is 13.2 Å². The zero-order chi connectivity index (χ0) is 24.9. The number of benzene rings is 2. The molecule has 2 aromatic carbocycles. The van der Waals surface area contributed by atoms with Gasteiger partial charge >= 0.3 is 5.97 Å². The highest BCUT2D eigenvalue weighted by atomic mass is 32.2. The quantitative estimate of drug-likeness (QED) is 0.185. The lowest BCUT2D eigenvalue weighted by Gasteiger charge is -2.10. The van der Waals surface area contributed by atoms with E-state index >= 15 is 0 Å². The zero-order valence-electron chi connectivity index (χ0n) is 20.2. The summed E-state index contributed by atoms with van der Waals surface area (Å²) in [5, 5.41) is 2.27. The van der Waals surface area contributed by atoms with Gasteiger partial charge in [-0.25, -0.2) is 0 Å². The second-order valence-electron chi connectivity index (χ2n) is 6.44. The van der Waals surface area contributed by atoms with Crippen molar-refractivity contribution >= 4 is 57.9 Å². The van der Waals surface area contributed by atoms with E-state index in [1.807, 2.05) is 42.3 Å². The Hall–Kier alpha value is -1.41. The third-order valence-electron chi connectivity index (χ3n) is 3.77. The second kappa shape index (κ2) is 21.1. The van der Waals surface area contributed by atoms with Crippen molar-refractivity contribution in [1.29, 1.82) is 0 Å². The van der Waals surface area contributed by atoms with Crippen LogP contribution in [0.5, 0.6) is 0 Å². The summed E-state index contributed by atoms with van der Waals surface area (Å²) in [5.41, 5.74) is 0. The molecular weight excluding hydrogens is 489 g/mol. The van der Waals surface area contributed by atoms with Crippen LogP contribution in [0.4, 0.5) is 0 Å². The zero-order valence-corrected chi connectivity index (χ0v) is 23.5. The van der Waals surface area contributed by atoms with Gasteiger partial charge in [-0.15, -0.1) is 11.8 Å². The molecule has 2 unspecified atom stereocenters. The largest absolute Gasteiger partial charge is 0.479 e.